The van der Waals surface area contributed by atoms with Crippen LogP contribution in [0.5, 0.6) is 0 Å². The second-order valence-electron chi connectivity index (χ2n) is 4.75. The Hall–Kier alpha value is -2.26. The van der Waals surface area contributed by atoms with E-state index in [2.05, 4.69) is 34.7 Å². The maximum absolute atomic E-state index is 6.32. The van der Waals surface area contributed by atoms with Crippen molar-refractivity contribution in [2.75, 3.05) is 11.9 Å². The van der Waals surface area contributed by atoms with Crippen LogP contribution >= 0.6 is 11.6 Å². The summed E-state index contributed by atoms with van der Waals surface area (Å²) in [5.74, 6) is 0. The van der Waals surface area contributed by atoms with E-state index in [1.54, 1.807) is 10.9 Å². The van der Waals surface area contributed by atoms with Crippen LogP contribution in [0.2, 0.25) is 5.02 Å². The Morgan fingerprint density at radius 3 is 2.62 bits per heavy atom. The van der Waals surface area contributed by atoms with E-state index < -0.39 is 0 Å². The Bertz CT molecular complexity index is 693. The molecular weight excluding hydrogens is 282 g/mol. The summed E-state index contributed by atoms with van der Waals surface area (Å²) in [7, 11) is 0. The van der Waals surface area contributed by atoms with Crippen molar-refractivity contribution in [1.29, 1.82) is 0 Å². The van der Waals surface area contributed by atoms with Crippen LogP contribution in [-0.4, -0.2) is 16.3 Å². The van der Waals surface area contributed by atoms with Gasteiger partial charge in [-0.1, -0.05) is 48.0 Å². The van der Waals surface area contributed by atoms with Gasteiger partial charge in [0.2, 0.25) is 0 Å². The minimum Gasteiger partial charge on any atom is -0.383 e. The number of nitrogens with zero attached hydrogens (tertiary/aromatic N) is 2. The molecule has 1 N–H and O–H groups in total. The van der Waals surface area contributed by atoms with Crippen LogP contribution in [0.1, 0.15) is 5.56 Å². The fourth-order valence-electron chi connectivity index (χ4n) is 2.28. The van der Waals surface area contributed by atoms with E-state index in [0.717, 1.165) is 24.3 Å². The molecule has 3 aromatic rings. The van der Waals surface area contributed by atoms with Gasteiger partial charge in [0.05, 0.1) is 10.7 Å². The number of nitrogens with one attached hydrogen (secondary N) is 1. The molecule has 0 atom stereocenters. The zero-order valence-electron chi connectivity index (χ0n) is 11.5. The number of benzene rings is 2. The molecule has 0 aliphatic rings. The molecule has 3 rings (SSSR count). The zero-order chi connectivity index (χ0) is 14.5. The average Bonchev–Trinajstić information content (AvgIpc) is 3.02. The van der Waals surface area contributed by atoms with E-state index in [-0.39, 0.29) is 0 Å². The third-order valence-electron chi connectivity index (χ3n) is 3.29. The quantitative estimate of drug-likeness (QED) is 0.765. The molecule has 0 unspecified atom stereocenters. The first-order valence-electron chi connectivity index (χ1n) is 6.91. The fourth-order valence-corrected chi connectivity index (χ4v) is 2.54. The minimum absolute atomic E-state index is 0.684. The largest absolute Gasteiger partial charge is 0.383 e. The van der Waals surface area contributed by atoms with Crippen LogP contribution in [0, 0.1) is 0 Å². The molecule has 0 saturated heterocycles. The molecule has 0 amide bonds. The Labute approximate surface area is 129 Å². The second kappa shape index (κ2) is 6.46. The number of anilines is 1. The highest BCUT2D eigenvalue weighted by atomic mass is 35.5. The molecule has 0 aliphatic carbocycles. The maximum Gasteiger partial charge on any atom is 0.106 e. The molecule has 2 aromatic carbocycles. The number of hydrogen-bond donors (Lipinski definition) is 1. The molecule has 0 spiro atoms. The Balaban J connectivity index is 1.75. The molecular formula is C17H16ClN3. The highest BCUT2D eigenvalue weighted by molar-refractivity contribution is 6.33. The van der Waals surface area contributed by atoms with E-state index in [1.165, 1.54) is 5.56 Å². The lowest BCUT2D eigenvalue weighted by molar-refractivity contribution is 0.878. The van der Waals surface area contributed by atoms with Crippen molar-refractivity contribution in [3.63, 3.8) is 0 Å². The van der Waals surface area contributed by atoms with Crippen molar-refractivity contribution in [3.8, 4) is 5.69 Å². The Kier molecular flexibility index (Phi) is 4.22. The molecule has 21 heavy (non-hydrogen) atoms. The number of para-hydroxylation sites is 1. The SMILES string of the molecule is Clc1cccc(NCCc2ccccc2)c1-n1cccn1. The van der Waals surface area contributed by atoms with Crippen LogP contribution in [0.25, 0.3) is 5.69 Å². The predicted molar refractivity (Wildman–Crippen MR) is 87.2 cm³/mol. The molecule has 0 bridgehead atoms. The van der Waals surface area contributed by atoms with Crippen molar-refractivity contribution < 1.29 is 0 Å². The van der Waals surface area contributed by atoms with Crippen molar-refractivity contribution in [2.24, 2.45) is 0 Å². The number of halogens is 1. The Morgan fingerprint density at radius 1 is 1.00 bits per heavy atom. The first-order chi connectivity index (χ1) is 10.3. The van der Waals surface area contributed by atoms with E-state index >= 15 is 0 Å². The molecule has 3 nitrogen and oxygen atoms in total. The van der Waals surface area contributed by atoms with Crippen LogP contribution in [0.3, 0.4) is 0 Å². The normalized spacial score (nSPS) is 10.5. The van der Waals surface area contributed by atoms with E-state index in [0.29, 0.717) is 5.02 Å². The summed E-state index contributed by atoms with van der Waals surface area (Å²) < 4.78 is 1.78. The lowest BCUT2D eigenvalue weighted by Crippen LogP contribution is -2.08. The summed E-state index contributed by atoms with van der Waals surface area (Å²) in [4.78, 5) is 0. The number of aromatic nitrogens is 2. The lowest BCUT2D eigenvalue weighted by Gasteiger charge is -2.13. The summed E-state index contributed by atoms with van der Waals surface area (Å²) in [6.07, 6.45) is 4.60. The Morgan fingerprint density at radius 2 is 1.86 bits per heavy atom. The van der Waals surface area contributed by atoms with Gasteiger partial charge in [0, 0.05) is 18.9 Å². The molecule has 0 radical (unpaired) electrons. The summed E-state index contributed by atoms with van der Waals surface area (Å²) in [6, 6.07) is 18.1. The first-order valence-corrected chi connectivity index (χ1v) is 7.29. The zero-order valence-corrected chi connectivity index (χ0v) is 12.3. The summed E-state index contributed by atoms with van der Waals surface area (Å²) in [6.45, 7) is 0.846. The highest BCUT2D eigenvalue weighted by Crippen LogP contribution is 2.27. The minimum atomic E-state index is 0.684. The standard InChI is InChI=1S/C17H16ClN3/c18-15-8-4-9-16(17(15)21-13-5-11-20-21)19-12-10-14-6-2-1-3-7-14/h1-9,11,13,19H,10,12H2. The molecule has 1 heterocycles. The second-order valence-corrected chi connectivity index (χ2v) is 5.16. The smallest absolute Gasteiger partial charge is 0.106 e. The summed E-state index contributed by atoms with van der Waals surface area (Å²) in [5, 5.41) is 8.40. The van der Waals surface area contributed by atoms with Crippen molar-refractivity contribution in [1.82, 2.24) is 9.78 Å². The van der Waals surface area contributed by atoms with Gasteiger partial charge in [0.15, 0.2) is 0 Å². The number of rotatable bonds is 5. The van der Waals surface area contributed by atoms with Crippen molar-refractivity contribution in [3.05, 3.63) is 77.6 Å². The van der Waals surface area contributed by atoms with Crippen LogP contribution in [0.4, 0.5) is 5.69 Å². The molecule has 4 heteroatoms. The predicted octanol–water partition coefficient (Wildman–Crippen LogP) is 4.18. The summed E-state index contributed by atoms with van der Waals surface area (Å²) in [5.41, 5.74) is 3.19. The van der Waals surface area contributed by atoms with Crippen LogP contribution in [0.15, 0.2) is 67.0 Å². The molecule has 0 saturated carbocycles. The fraction of sp³-hybridized carbons (Fsp3) is 0.118. The summed E-state index contributed by atoms with van der Waals surface area (Å²) >= 11 is 6.32. The van der Waals surface area contributed by atoms with E-state index in [9.17, 15) is 0 Å². The number of hydrogen-bond acceptors (Lipinski definition) is 2. The van der Waals surface area contributed by atoms with Gasteiger partial charge < -0.3 is 5.32 Å². The molecule has 1 aromatic heterocycles. The third-order valence-corrected chi connectivity index (χ3v) is 3.60. The van der Waals surface area contributed by atoms with E-state index in [1.807, 2.05) is 36.5 Å². The van der Waals surface area contributed by atoms with Crippen LogP contribution < -0.4 is 5.32 Å². The van der Waals surface area contributed by atoms with Gasteiger partial charge in [-0.25, -0.2) is 4.68 Å². The van der Waals surface area contributed by atoms with Crippen molar-refractivity contribution in [2.45, 2.75) is 6.42 Å². The van der Waals surface area contributed by atoms with Gasteiger partial charge in [0.25, 0.3) is 0 Å². The van der Waals surface area contributed by atoms with E-state index in [4.69, 9.17) is 11.6 Å². The van der Waals surface area contributed by atoms with Gasteiger partial charge in [-0.15, -0.1) is 0 Å². The molecule has 0 fully saturated rings. The monoisotopic (exact) mass is 297 g/mol. The molecule has 0 aliphatic heterocycles. The van der Waals surface area contributed by atoms with Gasteiger partial charge in [-0.05, 0) is 30.2 Å². The molecule has 106 valence electrons. The van der Waals surface area contributed by atoms with Crippen LogP contribution in [-0.2, 0) is 6.42 Å². The van der Waals surface area contributed by atoms with Gasteiger partial charge in [-0.3, -0.25) is 0 Å². The lowest BCUT2D eigenvalue weighted by atomic mass is 10.1. The third kappa shape index (κ3) is 3.26. The maximum atomic E-state index is 6.32. The van der Waals surface area contributed by atoms with Crippen molar-refractivity contribution >= 4 is 17.3 Å². The van der Waals surface area contributed by atoms with Gasteiger partial charge in [0.1, 0.15) is 5.69 Å². The topological polar surface area (TPSA) is 29.9 Å². The average molecular weight is 298 g/mol. The van der Waals surface area contributed by atoms with Gasteiger partial charge >= 0.3 is 0 Å². The highest BCUT2D eigenvalue weighted by Gasteiger charge is 2.09. The van der Waals surface area contributed by atoms with Gasteiger partial charge in [-0.2, -0.15) is 5.10 Å². The first kappa shape index (κ1) is 13.7.